The second-order valence-electron chi connectivity index (χ2n) is 4.94. The van der Waals surface area contributed by atoms with Gasteiger partial charge >= 0.3 is 0 Å². The Bertz CT molecular complexity index is 640. The van der Waals surface area contributed by atoms with Crippen LogP contribution < -0.4 is 11.1 Å². The van der Waals surface area contributed by atoms with Crippen molar-refractivity contribution in [2.45, 2.75) is 13.3 Å². The maximum atomic E-state index is 5.81. The van der Waals surface area contributed by atoms with Crippen LogP contribution in [0.5, 0.6) is 0 Å². The van der Waals surface area contributed by atoms with E-state index in [1.165, 1.54) is 5.56 Å². The minimum absolute atomic E-state index is 0.395. The highest BCUT2D eigenvalue weighted by molar-refractivity contribution is 7.80. The molecular formula is C17H20N2OS. The molecule has 2 aromatic carbocycles. The van der Waals surface area contributed by atoms with Gasteiger partial charge in [-0.05, 0) is 42.7 Å². The van der Waals surface area contributed by atoms with Crippen molar-refractivity contribution in [1.29, 1.82) is 0 Å². The second kappa shape index (κ2) is 7.20. The molecule has 21 heavy (non-hydrogen) atoms. The largest absolute Gasteiger partial charge is 0.389 e. The number of anilines is 2. The first-order valence-electron chi connectivity index (χ1n) is 6.86. The first kappa shape index (κ1) is 15.5. The molecule has 2 aromatic rings. The van der Waals surface area contributed by atoms with Crippen LogP contribution in [0.3, 0.4) is 0 Å². The summed E-state index contributed by atoms with van der Waals surface area (Å²) in [4.78, 5) is 0.395. The Morgan fingerprint density at radius 1 is 1.19 bits per heavy atom. The third-order valence-corrected chi connectivity index (χ3v) is 3.52. The predicted molar refractivity (Wildman–Crippen MR) is 92.4 cm³/mol. The Balaban J connectivity index is 2.34. The summed E-state index contributed by atoms with van der Waals surface area (Å²) in [5, 5.41) is 3.45. The van der Waals surface area contributed by atoms with E-state index in [9.17, 15) is 0 Å². The van der Waals surface area contributed by atoms with Crippen molar-refractivity contribution >= 4 is 28.6 Å². The molecule has 0 spiro atoms. The van der Waals surface area contributed by atoms with Crippen LogP contribution in [0.15, 0.2) is 42.5 Å². The van der Waals surface area contributed by atoms with Crippen LogP contribution in [0.1, 0.15) is 16.7 Å². The van der Waals surface area contributed by atoms with E-state index in [1.807, 2.05) is 31.2 Å². The highest BCUT2D eigenvalue weighted by atomic mass is 32.1. The molecule has 2 rings (SSSR count). The van der Waals surface area contributed by atoms with Gasteiger partial charge in [-0.3, -0.25) is 0 Å². The number of rotatable bonds is 6. The van der Waals surface area contributed by atoms with Gasteiger partial charge in [-0.2, -0.15) is 0 Å². The summed E-state index contributed by atoms with van der Waals surface area (Å²) in [5.41, 5.74) is 11.0. The van der Waals surface area contributed by atoms with Crippen molar-refractivity contribution in [3.63, 3.8) is 0 Å². The van der Waals surface area contributed by atoms with Crippen LogP contribution in [-0.4, -0.2) is 18.7 Å². The number of aryl methyl sites for hydroxylation is 1. The van der Waals surface area contributed by atoms with Gasteiger partial charge in [-0.15, -0.1) is 0 Å². The maximum Gasteiger partial charge on any atom is 0.106 e. The van der Waals surface area contributed by atoms with Gasteiger partial charge < -0.3 is 15.8 Å². The molecule has 3 N–H and O–H groups in total. The van der Waals surface area contributed by atoms with E-state index in [4.69, 9.17) is 22.7 Å². The van der Waals surface area contributed by atoms with E-state index in [2.05, 4.69) is 23.5 Å². The zero-order chi connectivity index (χ0) is 15.2. The number of nitrogens with one attached hydrogen (secondary N) is 1. The number of benzene rings is 2. The number of thiocarbonyl (C=S) groups is 1. The number of nitrogens with two attached hydrogens (primary N) is 1. The van der Waals surface area contributed by atoms with Gasteiger partial charge in [0.25, 0.3) is 0 Å². The Morgan fingerprint density at radius 3 is 2.67 bits per heavy atom. The lowest BCUT2D eigenvalue weighted by Crippen LogP contribution is -2.12. The lowest BCUT2D eigenvalue weighted by molar-refractivity contribution is 0.202. The quantitative estimate of drug-likeness (QED) is 0.801. The summed E-state index contributed by atoms with van der Waals surface area (Å²) in [7, 11) is 1.71. The molecule has 0 saturated carbocycles. The molecule has 0 saturated heterocycles. The van der Waals surface area contributed by atoms with Gasteiger partial charge in [0.05, 0.1) is 6.61 Å². The summed E-state index contributed by atoms with van der Waals surface area (Å²) in [5.74, 6) is 0. The molecule has 110 valence electrons. The molecule has 0 aliphatic carbocycles. The highest BCUT2D eigenvalue weighted by Gasteiger charge is 2.08. The summed E-state index contributed by atoms with van der Waals surface area (Å²) >= 11 is 5.13. The number of methoxy groups -OCH3 is 1. The summed E-state index contributed by atoms with van der Waals surface area (Å²) in [6.07, 6.45) is 0.855. The fraction of sp³-hybridized carbons (Fsp3) is 0.235. The van der Waals surface area contributed by atoms with Gasteiger partial charge in [0.2, 0.25) is 0 Å². The predicted octanol–water partition coefficient (Wildman–Crippen LogP) is 3.56. The Morgan fingerprint density at radius 2 is 1.95 bits per heavy atom. The third-order valence-electron chi connectivity index (χ3n) is 3.30. The van der Waals surface area contributed by atoms with Crippen LogP contribution in [0, 0.1) is 6.92 Å². The molecule has 0 aliphatic rings. The van der Waals surface area contributed by atoms with Gasteiger partial charge in [0.15, 0.2) is 0 Å². The molecule has 4 heteroatoms. The number of ether oxygens (including phenoxy) is 1. The summed E-state index contributed by atoms with van der Waals surface area (Å²) in [6, 6.07) is 14.2. The molecule has 0 radical (unpaired) electrons. The Kier molecular flexibility index (Phi) is 5.31. The summed E-state index contributed by atoms with van der Waals surface area (Å²) < 4.78 is 5.16. The van der Waals surface area contributed by atoms with Crippen molar-refractivity contribution in [1.82, 2.24) is 0 Å². The highest BCUT2D eigenvalue weighted by Crippen LogP contribution is 2.25. The summed E-state index contributed by atoms with van der Waals surface area (Å²) in [6.45, 7) is 2.74. The van der Waals surface area contributed by atoms with E-state index in [1.54, 1.807) is 7.11 Å². The molecule has 0 heterocycles. The van der Waals surface area contributed by atoms with Gasteiger partial charge in [-0.1, -0.05) is 36.5 Å². The van der Waals surface area contributed by atoms with E-state index < -0.39 is 0 Å². The first-order valence-corrected chi connectivity index (χ1v) is 7.27. The van der Waals surface area contributed by atoms with Crippen molar-refractivity contribution in [3.8, 4) is 0 Å². The van der Waals surface area contributed by atoms with Crippen molar-refractivity contribution < 1.29 is 4.74 Å². The average molecular weight is 300 g/mol. The monoisotopic (exact) mass is 300 g/mol. The Labute approximate surface area is 131 Å². The van der Waals surface area contributed by atoms with Crippen LogP contribution in [0.4, 0.5) is 11.4 Å². The standard InChI is InChI=1S/C17H20N2OS/c1-12-7-8-14(17(18)21)16(11-12)19-15-6-4-3-5-13(15)9-10-20-2/h3-8,11,19H,9-10H2,1-2H3,(H2,18,21). The molecule has 0 fully saturated rings. The molecule has 0 amide bonds. The second-order valence-corrected chi connectivity index (χ2v) is 5.38. The van der Waals surface area contributed by atoms with Gasteiger partial charge in [0, 0.05) is 24.0 Å². The molecule has 0 atom stereocenters. The average Bonchev–Trinajstić information content (AvgIpc) is 2.46. The maximum absolute atomic E-state index is 5.81. The van der Waals surface area contributed by atoms with E-state index in [-0.39, 0.29) is 0 Å². The first-order chi connectivity index (χ1) is 10.1. The number of hydrogen-bond donors (Lipinski definition) is 2. The molecule has 0 unspecified atom stereocenters. The Hall–Kier alpha value is -1.91. The SMILES string of the molecule is COCCc1ccccc1Nc1cc(C)ccc1C(N)=S. The van der Waals surface area contributed by atoms with Crippen LogP contribution in [0.25, 0.3) is 0 Å². The molecular weight excluding hydrogens is 280 g/mol. The zero-order valence-corrected chi connectivity index (χ0v) is 13.2. The topological polar surface area (TPSA) is 47.3 Å². The lowest BCUT2D eigenvalue weighted by Gasteiger charge is -2.15. The number of para-hydroxylation sites is 1. The number of hydrogen-bond acceptors (Lipinski definition) is 3. The minimum atomic E-state index is 0.395. The fourth-order valence-electron chi connectivity index (χ4n) is 2.19. The fourth-order valence-corrected chi connectivity index (χ4v) is 2.37. The van der Waals surface area contributed by atoms with Crippen molar-refractivity contribution in [2.24, 2.45) is 5.73 Å². The molecule has 0 aliphatic heterocycles. The van der Waals surface area contributed by atoms with Gasteiger partial charge in [0.1, 0.15) is 4.99 Å². The molecule has 3 nitrogen and oxygen atoms in total. The molecule has 0 bridgehead atoms. The van der Waals surface area contributed by atoms with Crippen LogP contribution >= 0.6 is 12.2 Å². The molecule has 0 aromatic heterocycles. The zero-order valence-electron chi connectivity index (χ0n) is 12.3. The minimum Gasteiger partial charge on any atom is -0.389 e. The van der Waals surface area contributed by atoms with E-state index in [0.717, 1.165) is 28.9 Å². The van der Waals surface area contributed by atoms with Crippen LogP contribution in [-0.2, 0) is 11.2 Å². The van der Waals surface area contributed by atoms with Crippen molar-refractivity contribution in [3.05, 3.63) is 59.2 Å². The van der Waals surface area contributed by atoms with Gasteiger partial charge in [-0.25, -0.2) is 0 Å². The van der Waals surface area contributed by atoms with E-state index >= 15 is 0 Å². The van der Waals surface area contributed by atoms with E-state index in [0.29, 0.717) is 11.6 Å². The normalized spacial score (nSPS) is 10.4. The third kappa shape index (κ3) is 4.03. The lowest BCUT2D eigenvalue weighted by atomic mass is 10.1. The van der Waals surface area contributed by atoms with Crippen molar-refractivity contribution in [2.75, 3.05) is 19.0 Å². The van der Waals surface area contributed by atoms with Crippen LogP contribution in [0.2, 0.25) is 0 Å². The smallest absolute Gasteiger partial charge is 0.106 e.